The van der Waals surface area contributed by atoms with Crippen molar-refractivity contribution in [3.63, 3.8) is 0 Å². The number of hydrogen-bond donors (Lipinski definition) is 0. The van der Waals surface area contributed by atoms with Crippen molar-refractivity contribution < 1.29 is 8.78 Å². The molecule has 0 aliphatic rings. The highest BCUT2D eigenvalue weighted by molar-refractivity contribution is 5.70. The van der Waals surface area contributed by atoms with E-state index in [0.29, 0.717) is 17.5 Å². The fourth-order valence-electron chi connectivity index (χ4n) is 3.53. The third-order valence-electron chi connectivity index (χ3n) is 5.33. The van der Waals surface area contributed by atoms with Crippen molar-refractivity contribution in [2.75, 3.05) is 0 Å². The zero-order valence-corrected chi connectivity index (χ0v) is 17.6. The maximum Gasteiger partial charge on any atom is 0.130 e. The van der Waals surface area contributed by atoms with Gasteiger partial charge < -0.3 is 0 Å². The van der Waals surface area contributed by atoms with Crippen LogP contribution in [0, 0.1) is 11.6 Å². The second kappa shape index (κ2) is 10.7. The zero-order chi connectivity index (χ0) is 21.3. The van der Waals surface area contributed by atoms with E-state index in [1.165, 1.54) is 11.6 Å². The average molecular weight is 403 g/mol. The molecule has 3 rings (SSSR count). The second-order valence-corrected chi connectivity index (χ2v) is 7.66. The van der Waals surface area contributed by atoms with E-state index in [9.17, 15) is 8.78 Å². The van der Waals surface area contributed by atoms with Crippen LogP contribution in [0.5, 0.6) is 0 Å². The van der Waals surface area contributed by atoms with Gasteiger partial charge >= 0.3 is 0 Å². The highest BCUT2D eigenvalue weighted by Gasteiger charge is 2.10. The van der Waals surface area contributed by atoms with Crippen LogP contribution in [0.1, 0.15) is 54.0 Å². The van der Waals surface area contributed by atoms with Crippen LogP contribution in [0.2, 0.25) is 0 Å². The monoisotopic (exact) mass is 402 g/mol. The van der Waals surface area contributed by atoms with Crippen molar-refractivity contribution in [2.45, 2.75) is 39.0 Å². The molecule has 0 saturated carbocycles. The molecule has 2 heteroatoms. The lowest BCUT2D eigenvalue weighted by Gasteiger charge is -2.13. The Balaban J connectivity index is 1.67. The standard InChI is InChI=1S/C28H28F2/c1-3-4-6-9-22-12-15-25(27(29)19-22)16-13-23-14-17-26(28(30)20-23)18-21(2)24-10-7-5-8-11-24/h3-5,7-8,10-17,19-21H,6,9,18H2,1-2H3/b4-3+,16-13?/t21-/m1/s1. The fourth-order valence-corrected chi connectivity index (χ4v) is 3.53. The molecule has 0 aliphatic heterocycles. The summed E-state index contributed by atoms with van der Waals surface area (Å²) in [5.41, 5.74) is 4.10. The van der Waals surface area contributed by atoms with Gasteiger partial charge in [-0.15, -0.1) is 0 Å². The van der Waals surface area contributed by atoms with Crippen LogP contribution >= 0.6 is 0 Å². The predicted molar refractivity (Wildman–Crippen MR) is 123 cm³/mol. The van der Waals surface area contributed by atoms with Gasteiger partial charge in [-0.25, -0.2) is 8.78 Å². The van der Waals surface area contributed by atoms with Crippen molar-refractivity contribution in [1.82, 2.24) is 0 Å². The van der Waals surface area contributed by atoms with Crippen LogP contribution in [0.4, 0.5) is 8.78 Å². The molecule has 0 N–H and O–H groups in total. The Bertz CT molecular complexity index is 1020. The third kappa shape index (κ3) is 6.00. The minimum atomic E-state index is -0.252. The maximum absolute atomic E-state index is 14.6. The number of halogens is 2. The molecule has 1 atom stereocenters. The summed E-state index contributed by atoms with van der Waals surface area (Å²) < 4.78 is 29.0. The van der Waals surface area contributed by atoms with Gasteiger partial charge in [0, 0.05) is 5.56 Å². The summed E-state index contributed by atoms with van der Waals surface area (Å²) in [4.78, 5) is 0. The highest BCUT2D eigenvalue weighted by Crippen LogP contribution is 2.23. The van der Waals surface area contributed by atoms with Gasteiger partial charge in [0.15, 0.2) is 0 Å². The first-order valence-corrected chi connectivity index (χ1v) is 10.5. The molecule has 0 bridgehead atoms. The molecule has 0 fully saturated rings. The van der Waals surface area contributed by atoms with Gasteiger partial charge in [0.25, 0.3) is 0 Å². The molecule has 3 aromatic carbocycles. The minimum Gasteiger partial charge on any atom is -0.207 e. The van der Waals surface area contributed by atoms with Crippen molar-refractivity contribution in [1.29, 1.82) is 0 Å². The summed E-state index contributed by atoms with van der Waals surface area (Å²) in [6.07, 6.45) is 9.89. The number of rotatable bonds is 8. The van der Waals surface area contributed by atoms with E-state index < -0.39 is 0 Å². The topological polar surface area (TPSA) is 0 Å². The highest BCUT2D eigenvalue weighted by atomic mass is 19.1. The van der Waals surface area contributed by atoms with Gasteiger partial charge in [-0.3, -0.25) is 0 Å². The van der Waals surface area contributed by atoms with Gasteiger partial charge in [-0.2, -0.15) is 0 Å². The molecule has 0 aromatic heterocycles. The SMILES string of the molecule is C/C=C/CCc1ccc(C=Cc2ccc(C[C@@H](C)c3ccccc3)c(F)c2)c(F)c1. The average Bonchev–Trinajstić information content (AvgIpc) is 2.75. The van der Waals surface area contributed by atoms with E-state index in [4.69, 9.17) is 0 Å². The lowest BCUT2D eigenvalue weighted by Crippen LogP contribution is -2.00. The van der Waals surface area contributed by atoms with Crippen molar-refractivity contribution >= 4 is 12.2 Å². The summed E-state index contributed by atoms with van der Waals surface area (Å²) in [5, 5.41) is 0. The molecule has 0 saturated heterocycles. The van der Waals surface area contributed by atoms with E-state index in [-0.39, 0.29) is 17.6 Å². The Hall–Kier alpha value is -3.00. The summed E-state index contributed by atoms with van der Waals surface area (Å²) in [5.74, 6) is -0.236. The molecule has 0 radical (unpaired) electrons. The lowest BCUT2D eigenvalue weighted by molar-refractivity contribution is 0.597. The zero-order valence-electron chi connectivity index (χ0n) is 17.6. The molecule has 154 valence electrons. The molecular weight excluding hydrogens is 374 g/mol. The Morgan fingerprint density at radius 3 is 2.37 bits per heavy atom. The molecule has 3 aromatic rings. The van der Waals surface area contributed by atoms with Crippen LogP contribution in [-0.2, 0) is 12.8 Å². The minimum absolute atomic E-state index is 0.222. The number of allylic oxidation sites excluding steroid dienone is 2. The predicted octanol–water partition coefficient (Wildman–Crippen LogP) is 7.99. The molecule has 0 amide bonds. The number of hydrogen-bond acceptors (Lipinski definition) is 0. The molecule has 0 spiro atoms. The normalized spacial score (nSPS) is 12.7. The molecule has 30 heavy (non-hydrogen) atoms. The first kappa shape index (κ1) is 21.7. The summed E-state index contributed by atoms with van der Waals surface area (Å²) >= 11 is 0. The maximum atomic E-state index is 14.6. The van der Waals surface area contributed by atoms with Gasteiger partial charge in [0.1, 0.15) is 11.6 Å². The van der Waals surface area contributed by atoms with Crippen LogP contribution in [0.15, 0.2) is 78.9 Å². The van der Waals surface area contributed by atoms with Crippen LogP contribution in [0.25, 0.3) is 12.2 Å². The van der Waals surface area contributed by atoms with Crippen molar-refractivity contribution in [3.8, 4) is 0 Å². The summed E-state index contributed by atoms with van der Waals surface area (Å²) in [6, 6.07) is 20.7. The van der Waals surface area contributed by atoms with Crippen LogP contribution in [0.3, 0.4) is 0 Å². The van der Waals surface area contributed by atoms with Crippen LogP contribution < -0.4 is 0 Å². The third-order valence-corrected chi connectivity index (χ3v) is 5.33. The van der Waals surface area contributed by atoms with E-state index >= 15 is 0 Å². The van der Waals surface area contributed by atoms with Gasteiger partial charge in [0.05, 0.1) is 0 Å². The quantitative estimate of drug-likeness (QED) is 0.264. The Morgan fingerprint density at radius 2 is 1.67 bits per heavy atom. The molecule has 0 heterocycles. The summed E-state index contributed by atoms with van der Waals surface area (Å²) in [6.45, 7) is 4.08. The Morgan fingerprint density at radius 1 is 0.867 bits per heavy atom. The first-order valence-electron chi connectivity index (χ1n) is 10.5. The van der Waals surface area contributed by atoms with Gasteiger partial charge in [-0.05, 0) is 66.5 Å². The second-order valence-electron chi connectivity index (χ2n) is 7.66. The number of benzene rings is 3. The lowest BCUT2D eigenvalue weighted by atomic mass is 9.93. The van der Waals surface area contributed by atoms with Crippen molar-refractivity contribution in [2.24, 2.45) is 0 Å². The van der Waals surface area contributed by atoms with Gasteiger partial charge in [-0.1, -0.05) is 85.8 Å². The smallest absolute Gasteiger partial charge is 0.130 e. The van der Waals surface area contributed by atoms with Crippen LogP contribution in [-0.4, -0.2) is 0 Å². The Labute approximate surface area is 178 Å². The first-order chi connectivity index (χ1) is 14.6. The van der Waals surface area contributed by atoms with E-state index in [1.54, 1.807) is 24.3 Å². The summed E-state index contributed by atoms with van der Waals surface area (Å²) in [7, 11) is 0. The number of aryl methyl sites for hydroxylation is 1. The van der Waals surface area contributed by atoms with E-state index in [1.807, 2.05) is 49.4 Å². The molecule has 0 unspecified atom stereocenters. The molecule has 0 nitrogen and oxygen atoms in total. The molecule has 0 aliphatic carbocycles. The van der Waals surface area contributed by atoms with E-state index in [0.717, 1.165) is 24.0 Å². The molecular formula is C28H28F2. The van der Waals surface area contributed by atoms with Crippen molar-refractivity contribution in [3.05, 3.63) is 118 Å². The largest absolute Gasteiger partial charge is 0.207 e. The fraction of sp³-hybridized carbons (Fsp3) is 0.214. The van der Waals surface area contributed by atoms with Gasteiger partial charge in [0.2, 0.25) is 0 Å². The Kier molecular flexibility index (Phi) is 7.73. The van der Waals surface area contributed by atoms with E-state index in [2.05, 4.69) is 25.1 Å².